The first-order chi connectivity index (χ1) is 10.5. The molecule has 2 aromatic rings. The lowest BCUT2D eigenvalue weighted by Gasteiger charge is -2.22. The van der Waals surface area contributed by atoms with Crippen LogP contribution in [-0.2, 0) is 10.0 Å². The molecule has 7 heteroatoms. The Labute approximate surface area is 130 Å². The van der Waals surface area contributed by atoms with Gasteiger partial charge in [0.15, 0.2) is 0 Å². The summed E-state index contributed by atoms with van der Waals surface area (Å²) in [7, 11) is 1.51. The second kappa shape index (κ2) is 6.95. The second-order valence-electron chi connectivity index (χ2n) is 5.00. The molecule has 1 unspecified atom stereocenters. The van der Waals surface area contributed by atoms with Gasteiger partial charge in [-0.25, -0.2) is 13.1 Å². The van der Waals surface area contributed by atoms with Crippen molar-refractivity contribution in [3.8, 4) is 5.75 Å². The van der Waals surface area contributed by atoms with E-state index in [1.807, 2.05) is 25.1 Å². The van der Waals surface area contributed by atoms with Crippen LogP contribution in [0.1, 0.15) is 11.8 Å². The van der Waals surface area contributed by atoms with Gasteiger partial charge >= 0.3 is 0 Å². The topological polar surface area (TPSA) is 71.8 Å². The van der Waals surface area contributed by atoms with Gasteiger partial charge in [0, 0.05) is 6.54 Å². The maximum atomic E-state index is 12.5. The Morgan fingerprint density at radius 2 is 1.95 bits per heavy atom. The lowest BCUT2D eigenvalue weighted by Crippen LogP contribution is -2.34. The molecule has 0 aliphatic carbocycles. The predicted octanol–water partition coefficient (Wildman–Crippen LogP) is 1.87. The number of likely N-dealkylation sites (N-methyl/N-ethyl adjacent to an activating group) is 1. The van der Waals surface area contributed by atoms with Crippen LogP contribution in [0, 0.1) is 0 Å². The van der Waals surface area contributed by atoms with Gasteiger partial charge in [0.25, 0.3) is 0 Å². The van der Waals surface area contributed by atoms with Crippen molar-refractivity contribution in [3.05, 3.63) is 48.4 Å². The normalized spacial score (nSPS) is 13.3. The van der Waals surface area contributed by atoms with Gasteiger partial charge in [-0.05, 0) is 38.4 Å². The van der Waals surface area contributed by atoms with Gasteiger partial charge in [-0.1, -0.05) is 12.1 Å². The zero-order chi connectivity index (χ0) is 16.2. The van der Waals surface area contributed by atoms with Crippen LogP contribution in [0.2, 0.25) is 0 Å². The summed E-state index contributed by atoms with van der Waals surface area (Å²) in [6.07, 6.45) is 1.57. The third-order valence-electron chi connectivity index (χ3n) is 3.32. The van der Waals surface area contributed by atoms with E-state index in [-0.39, 0.29) is 17.5 Å². The molecule has 0 radical (unpaired) electrons. The minimum atomic E-state index is -3.67. The highest BCUT2D eigenvalue weighted by atomic mass is 32.2. The van der Waals surface area contributed by atoms with Crippen molar-refractivity contribution < 1.29 is 17.6 Å². The van der Waals surface area contributed by atoms with Crippen LogP contribution in [-0.4, -0.2) is 41.1 Å². The van der Waals surface area contributed by atoms with Crippen molar-refractivity contribution in [2.45, 2.75) is 10.9 Å². The molecule has 1 aromatic carbocycles. The van der Waals surface area contributed by atoms with Crippen LogP contribution in [0.15, 0.2) is 52.0 Å². The largest absolute Gasteiger partial charge is 0.495 e. The quantitative estimate of drug-likeness (QED) is 0.842. The Kier molecular flexibility index (Phi) is 5.23. The number of methoxy groups -OCH3 is 1. The second-order valence-corrected chi connectivity index (χ2v) is 6.73. The molecular formula is C15H20N2O4S. The Balaban J connectivity index is 2.18. The first kappa shape index (κ1) is 16.5. The highest BCUT2D eigenvalue weighted by Crippen LogP contribution is 2.24. The van der Waals surface area contributed by atoms with E-state index in [4.69, 9.17) is 9.15 Å². The van der Waals surface area contributed by atoms with Gasteiger partial charge in [-0.15, -0.1) is 0 Å². The molecule has 0 amide bonds. The van der Waals surface area contributed by atoms with Crippen LogP contribution in [0.5, 0.6) is 5.75 Å². The minimum absolute atomic E-state index is 0.120. The van der Waals surface area contributed by atoms with E-state index in [9.17, 15) is 8.42 Å². The van der Waals surface area contributed by atoms with Crippen LogP contribution in [0.3, 0.4) is 0 Å². The lowest BCUT2D eigenvalue weighted by molar-refractivity contribution is 0.259. The predicted molar refractivity (Wildman–Crippen MR) is 83.3 cm³/mol. The number of para-hydroxylation sites is 1. The zero-order valence-corrected chi connectivity index (χ0v) is 13.6. The molecule has 0 bridgehead atoms. The molecule has 0 spiro atoms. The zero-order valence-electron chi connectivity index (χ0n) is 12.8. The summed E-state index contributed by atoms with van der Waals surface area (Å²) < 4.78 is 38.0. The highest BCUT2D eigenvalue weighted by Gasteiger charge is 2.23. The summed E-state index contributed by atoms with van der Waals surface area (Å²) >= 11 is 0. The number of furan rings is 1. The first-order valence-electron chi connectivity index (χ1n) is 6.78. The van der Waals surface area contributed by atoms with E-state index >= 15 is 0 Å². The number of nitrogens with one attached hydrogen (secondary N) is 1. The molecule has 22 heavy (non-hydrogen) atoms. The standard InChI is InChI=1S/C15H20N2O4S/c1-17(2)12(13-8-6-10-21-13)11-16-22(18,19)15-9-5-4-7-14(15)20-3/h4-10,12,16H,11H2,1-3H3. The Bertz CT molecular complexity index is 696. The molecule has 0 aliphatic rings. The number of hydrogen-bond acceptors (Lipinski definition) is 5. The molecule has 1 N–H and O–H groups in total. The van der Waals surface area contributed by atoms with E-state index in [0.29, 0.717) is 11.5 Å². The van der Waals surface area contributed by atoms with E-state index in [0.717, 1.165) is 0 Å². The number of ether oxygens (including phenoxy) is 1. The summed E-state index contributed by atoms with van der Waals surface area (Å²) in [5.41, 5.74) is 0. The Morgan fingerprint density at radius 3 is 2.55 bits per heavy atom. The monoisotopic (exact) mass is 324 g/mol. The summed E-state index contributed by atoms with van der Waals surface area (Å²) in [6.45, 7) is 0.195. The van der Waals surface area contributed by atoms with Gasteiger partial charge in [0.05, 0.1) is 19.4 Å². The smallest absolute Gasteiger partial charge is 0.244 e. The molecule has 0 saturated heterocycles. The molecule has 0 fully saturated rings. The number of rotatable bonds is 7. The van der Waals surface area contributed by atoms with Crippen molar-refractivity contribution in [2.75, 3.05) is 27.7 Å². The number of nitrogens with zero attached hydrogens (tertiary/aromatic N) is 1. The molecule has 0 aliphatic heterocycles. The highest BCUT2D eigenvalue weighted by molar-refractivity contribution is 7.89. The summed E-state index contributed by atoms with van der Waals surface area (Å²) in [4.78, 5) is 2.01. The Morgan fingerprint density at radius 1 is 1.23 bits per heavy atom. The van der Waals surface area contributed by atoms with Crippen molar-refractivity contribution in [3.63, 3.8) is 0 Å². The van der Waals surface area contributed by atoms with E-state index in [2.05, 4.69) is 4.72 Å². The molecule has 1 heterocycles. The molecule has 0 saturated carbocycles. The third-order valence-corrected chi connectivity index (χ3v) is 4.78. The van der Waals surface area contributed by atoms with Gasteiger partial charge in [-0.2, -0.15) is 0 Å². The van der Waals surface area contributed by atoms with Crippen LogP contribution in [0.4, 0.5) is 0 Å². The fourth-order valence-electron chi connectivity index (χ4n) is 2.13. The maximum absolute atomic E-state index is 12.5. The van der Waals surface area contributed by atoms with Crippen LogP contribution >= 0.6 is 0 Å². The lowest BCUT2D eigenvalue weighted by atomic mass is 10.2. The summed E-state index contributed by atoms with van der Waals surface area (Å²) in [5, 5.41) is 0. The van der Waals surface area contributed by atoms with E-state index in [1.165, 1.54) is 13.2 Å². The first-order valence-corrected chi connectivity index (χ1v) is 8.26. The van der Waals surface area contributed by atoms with Crippen molar-refractivity contribution >= 4 is 10.0 Å². The number of benzene rings is 1. The van der Waals surface area contributed by atoms with Crippen LogP contribution < -0.4 is 9.46 Å². The molecule has 120 valence electrons. The van der Waals surface area contributed by atoms with Crippen molar-refractivity contribution in [1.29, 1.82) is 0 Å². The number of sulfonamides is 1. The summed E-state index contributed by atoms with van der Waals surface area (Å²) in [6, 6.07) is 9.92. The van der Waals surface area contributed by atoms with Gasteiger partial charge in [0.1, 0.15) is 16.4 Å². The van der Waals surface area contributed by atoms with Gasteiger partial charge < -0.3 is 9.15 Å². The summed E-state index contributed by atoms with van der Waals surface area (Å²) in [5.74, 6) is 1.02. The van der Waals surface area contributed by atoms with Gasteiger partial charge in [-0.3, -0.25) is 4.90 Å². The van der Waals surface area contributed by atoms with E-state index in [1.54, 1.807) is 30.5 Å². The molecule has 2 rings (SSSR count). The number of hydrogen-bond donors (Lipinski definition) is 1. The SMILES string of the molecule is COc1ccccc1S(=O)(=O)NCC(c1ccco1)N(C)C. The fourth-order valence-corrected chi connectivity index (χ4v) is 3.33. The minimum Gasteiger partial charge on any atom is -0.495 e. The fraction of sp³-hybridized carbons (Fsp3) is 0.333. The maximum Gasteiger partial charge on any atom is 0.244 e. The molecule has 1 aromatic heterocycles. The van der Waals surface area contributed by atoms with Crippen molar-refractivity contribution in [1.82, 2.24) is 9.62 Å². The average Bonchev–Trinajstić information content (AvgIpc) is 3.01. The molecular weight excluding hydrogens is 304 g/mol. The Hall–Kier alpha value is -1.83. The molecule has 1 atom stereocenters. The average molecular weight is 324 g/mol. The van der Waals surface area contributed by atoms with Gasteiger partial charge in [0.2, 0.25) is 10.0 Å². The third kappa shape index (κ3) is 3.68. The van der Waals surface area contributed by atoms with Crippen molar-refractivity contribution in [2.24, 2.45) is 0 Å². The van der Waals surface area contributed by atoms with E-state index < -0.39 is 10.0 Å². The molecule has 6 nitrogen and oxygen atoms in total. The van der Waals surface area contributed by atoms with Crippen LogP contribution in [0.25, 0.3) is 0 Å².